The minimum Gasteiger partial charge on any atom is -0.344 e. The maximum absolute atomic E-state index is 12.2. The van der Waals surface area contributed by atoms with E-state index in [2.05, 4.69) is 5.32 Å². The Morgan fingerprint density at radius 3 is 2.56 bits per heavy atom. The summed E-state index contributed by atoms with van der Waals surface area (Å²) >= 11 is 0. The minimum atomic E-state index is -0.255. The highest BCUT2D eigenvalue weighted by Crippen LogP contribution is 2.39. The average molecular weight is 272 g/mol. The van der Waals surface area contributed by atoms with Gasteiger partial charge >= 0.3 is 0 Å². The maximum Gasteiger partial charge on any atom is 0.268 e. The van der Waals surface area contributed by atoms with Crippen molar-refractivity contribution in [1.82, 2.24) is 9.88 Å². The standard InChI is InChI=1S/C13H21N3O.ClH/c1-9-4-7-11(16(9)3)12(17)15-13(2,8-14)10-5-6-10;/h4,7,10H,5-6,8,14H2,1-3H3,(H,15,17);1H. The highest BCUT2D eigenvalue weighted by molar-refractivity contribution is 5.93. The van der Waals surface area contributed by atoms with Crippen LogP contribution in [0.15, 0.2) is 12.1 Å². The van der Waals surface area contributed by atoms with E-state index in [9.17, 15) is 4.79 Å². The first-order valence-corrected chi connectivity index (χ1v) is 6.13. The molecule has 0 aromatic carbocycles. The third-order valence-corrected chi connectivity index (χ3v) is 3.91. The first-order chi connectivity index (χ1) is 7.98. The molecule has 1 saturated carbocycles. The monoisotopic (exact) mass is 271 g/mol. The van der Waals surface area contributed by atoms with Gasteiger partial charge in [-0.3, -0.25) is 4.79 Å². The van der Waals surface area contributed by atoms with Gasteiger partial charge in [0.05, 0.1) is 5.54 Å². The summed E-state index contributed by atoms with van der Waals surface area (Å²) in [6.45, 7) is 4.52. The molecule has 0 radical (unpaired) electrons. The van der Waals surface area contributed by atoms with Crippen molar-refractivity contribution in [2.24, 2.45) is 18.7 Å². The molecule has 5 heteroatoms. The van der Waals surface area contributed by atoms with E-state index in [-0.39, 0.29) is 23.9 Å². The summed E-state index contributed by atoms with van der Waals surface area (Å²) in [5.41, 5.74) is 7.32. The molecule has 3 N–H and O–H groups in total. The third kappa shape index (κ3) is 2.70. The molecule has 0 spiro atoms. The highest BCUT2D eigenvalue weighted by Gasteiger charge is 2.41. The van der Waals surface area contributed by atoms with Gasteiger partial charge in [-0.1, -0.05) is 0 Å². The minimum absolute atomic E-state index is 0. The normalized spacial score (nSPS) is 17.8. The number of halogens is 1. The molecule has 4 nitrogen and oxygen atoms in total. The Labute approximate surface area is 114 Å². The van der Waals surface area contributed by atoms with Crippen LogP contribution in [0.5, 0.6) is 0 Å². The summed E-state index contributed by atoms with van der Waals surface area (Å²) in [7, 11) is 1.90. The van der Waals surface area contributed by atoms with Gasteiger partial charge in [0.15, 0.2) is 0 Å². The summed E-state index contributed by atoms with van der Waals surface area (Å²) < 4.78 is 1.90. The second-order valence-corrected chi connectivity index (χ2v) is 5.27. The Morgan fingerprint density at radius 2 is 2.17 bits per heavy atom. The van der Waals surface area contributed by atoms with Crippen LogP contribution < -0.4 is 11.1 Å². The second-order valence-electron chi connectivity index (χ2n) is 5.27. The number of carbonyl (C=O) groups excluding carboxylic acids is 1. The Hall–Kier alpha value is -1.00. The smallest absolute Gasteiger partial charge is 0.268 e. The molecule has 1 unspecified atom stereocenters. The van der Waals surface area contributed by atoms with E-state index in [0.717, 1.165) is 5.69 Å². The van der Waals surface area contributed by atoms with Crippen LogP contribution in [-0.2, 0) is 7.05 Å². The lowest BCUT2D eigenvalue weighted by Crippen LogP contribution is -2.53. The SMILES string of the molecule is Cc1ccc(C(=O)NC(C)(CN)C2CC2)n1C.Cl. The molecule has 18 heavy (non-hydrogen) atoms. The Bertz CT molecular complexity index is 439. The number of nitrogens with one attached hydrogen (secondary N) is 1. The van der Waals surface area contributed by atoms with Crippen molar-refractivity contribution in [3.05, 3.63) is 23.5 Å². The molecule has 0 bridgehead atoms. The number of nitrogens with two attached hydrogens (primary N) is 1. The Balaban J connectivity index is 0.00000162. The summed E-state index contributed by atoms with van der Waals surface area (Å²) in [4.78, 5) is 12.2. The number of hydrogen-bond donors (Lipinski definition) is 2. The molecule has 1 atom stereocenters. The van der Waals surface area contributed by atoms with Crippen LogP contribution in [0.3, 0.4) is 0 Å². The number of rotatable bonds is 4. The number of amides is 1. The van der Waals surface area contributed by atoms with Crippen LogP contribution >= 0.6 is 12.4 Å². The van der Waals surface area contributed by atoms with Gasteiger partial charge in [-0.2, -0.15) is 0 Å². The Morgan fingerprint density at radius 1 is 1.56 bits per heavy atom. The molecule has 0 aliphatic heterocycles. The zero-order valence-corrected chi connectivity index (χ0v) is 12.0. The fraction of sp³-hybridized carbons (Fsp3) is 0.615. The molecule has 1 aliphatic rings. The van der Waals surface area contributed by atoms with Crippen molar-refractivity contribution in [2.75, 3.05) is 6.54 Å². The molecule has 2 rings (SSSR count). The molecule has 1 amide bonds. The molecular weight excluding hydrogens is 250 g/mol. The topological polar surface area (TPSA) is 60.1 Å². The zero-order valence-electron chi connectivity index (χ0n) is 11.2. The molecule has 102 valence electrons. The summed E-state index contributed by atoms with van der Waals surface area (Å²) in [5, 5.41) is 3.09. The van der Waals surface area contributed by atoms with Crippen LogP contribution in [0, 0.1) is 12.8 Å². The van der Waals surface area contributed by atoms with E-state index in [1.165, 1.54) is 12.8 Å². The quantitative estimate of drug-likeness (QED) is 0.874. The van der Waals surface area contributed by atoms with Crippen LogP contribution in [0.25, 0.3) is 0 Å². The zero-order chi connectivity index (χ0) is 12.6. The molecule has 1 aromatic rings. The van der Waals surface area contributed by atoms with Gasteiger partial charge in [0.25, 0.3) is 5.91 Å². The fourth-order valence-electron chi connectivity index (χ4n) is 2.20. The number of aromatic nitrogens is 1. The van der Waals surface area contributed by atoms with Crippen LogP contribution in [0.2, 0.25) is 0 Å². The van der Waals surface area contributed by atoms with Gasteiger partial charge in [-0.25, -0.2) is 0 Å². The lowest BCUT2D eigenvalue weighted by molar-refractivity contribution is 0.0889. The molecule has 1 heterocycles. The van der Waals surface area contributed by atoms with E-state index < -0.39 is 0 Å². The predicted molar refractivity (Wildman–Crippen MR) is 75.0 cm³/mol. The van der Waals surface area contributed by atoms with E-state index in [0.29, 0.717) is 18.2 Å². The molecular formula is C13H22ClN3O. The van der Waals surface area contributed by atoms with Crippen molar-refractivity contribution >= 4 is 18.3 Å². The highest BCUT2D eigenvalue weighted by atomic mass is 35.5. The summed E-state index contributed by atoms with van der Waals surface area (Å²) in [5.74, 6) is 0.512. The largest absolute Gasteiger partial charge is 0.344 e. The van der Waals surface area contributed by atoms with Gasteiger partial charge < -0.3 is 15.6 Å². The molecule has 0 saturated heterocycles. The first kappa shape index (κ1) is 15.1. The second kappa shape index (κ2) is 5.33. The van der Waals surface area contributed by atoms with E-state index in [1.54, 1.807) is 0 Å². The van der Waals surface area contributed by atoms with Crippen LogP contribution in [0.4, 0.5) is 0 Å². The maximum atomic E-state index is 12.2. The number of carbonyl (C=O) groups is 1. The van der Waals surface area contributed by atoms with Crippen LogP contribution in [0.1, 0.15) is 35.9 Å². The number of hydrogen-bond acceptors (Lipinski definition) is 2. The summed E-state index contributed by atoms with van der Waals surface area (Å²) in [6.07, 6.45) is 2.33. The van der Waals surface area contributed by atoms with E-state index in [1.807, 2.05) is 37.6 Å². The van der Waals surface area contributed by atoms with Crippen molar-refractivity contribution in [2.45, 2.75) is 32.2 Å². The Kier molecular flexibility index (Phi) is 4.46. The average Bonchev–Trinajstić information content (AvgIpc) is 3.08. The molecule has 1 fully saturated rings. The van der Waals surface area contributed by atoms with Gasteiger partial charge in [0, 0.05) is 19.3 Å². The molecule has 1 aliphatic carbocycles. The lowest BCUT2D eigenvalue weighted by atomic mass is 9.96. The number of nitrogens with zero attached hydrogens (tertiary/aromatic N) is 1. The van der Waals surface area contributed by atoms with Crippen LogP contribution in [-0.4, -0.2) is 22.6 Å². The predicted octanol–water partition coefficient (Wildman–Crippen LogP) is 1.61. The van der Waals surface area contributed by atoms with Gasteiger partial charge in [0.2, 0.25) is 0 Å². The van der Waals surface area contributed by atoms with E-state index in [4.69, 9.17) is 5.73 Å². The third-order valence-electron chi connectivity index (χ3n) is 3.91. The summed E-state index contributed by atoms with van der Waals surface area (Å²) in [6, 6.07) is 3.81. The van der Waals surface area contributed by atoms with Crippen molar-refractivity contribution in [1.29, 1.82) is 0 Å². The van der Waals surface area contributed by atoms with Gasteiger partial charge in [-0.05, 0) is 44.7 Å². The van der Waals surface area contributed by atoms with Crippen molar-refractivity contribution in [3.8, 4) is 0 Å². The number of aryl methyl sites for hydroxylation is 1. The van der Waals surface area contributed by atoms with Gasteiger partial charge in [-0.15, -0.1) is 12.4 Å². The van der Waals surface area contributed by atoms with E-state index >= 15 is 0 Å². The lowest BCUT2D eigenvalue weighted by Gasteiger charge is -2.29. The first-order valence-electron chi connectivity index (χ1n) is 6.13. The van der Waals surface area contributed by atoms with Crippen molar-refractivity contribution < 1.29 is 4.79 Å². The van der Waals surface area contributed by atoms with Gasteiger partial charge in [0.1, 0.15) is 5.69 Å². The van der Waals surface area contributed by atoms with Crippen molar-refractivity contribution in [3.63, 3.8) is 0 Å². The molecule has 1 aromatic heterocycles. The fourth-order valence-corrected chi connectivity index (χ4v) is 2.20.